The summed E-state index contributed by atoms with van der Waals surface area (Å²) in [6.45, 7) is 0. The summed E-state index contributed by atoms with van der Waals surface area (Å²) in [7, 11) is 0. The number of urea groups is 1. The first kappa shape index (κ1) is 7.11. The second-order valence-corrected chi connectivity index (χ2v) is 2.53. The SMILES string of the molecule is NN1C=C2C(F)=CNC2NC1=O. The molecule has 5 nitrogen and oxygen atoms in total. The van der Waals surface area contributed by atoms with Crippen LogP contribution in [0.3, 0.4) is 0 Å². The molecule has 0 fully saturated rings. The lowest BCUT2D eigenvalue weighted by Gasteiger charge is -2.25. The van der Waals surface area contributed by atoms with Crippen molar-refractivity contribution in [3.05, 3.63) is 23.8 Å². The van der Waals surface area contributed by atoms with Gasteiger partial charge in [0.1, 0.15) is 12.0 Å². The Bertz CT molecular complexity index is 298. The summed E-state index contributed by atoms with van der Waals surface area (Å²) in [5, 5.41) is 5.90. The minimum atomic E-state index is -0.475. The molecule has 0 aromatic heterocycles. The highest BCUT2D eigenvalue weighted by Crippen LogP contribution is 2.22. The summed E-state index contributed by atoms with van der Waals surface area (Å²) < 4.78 is 12.9. The molecule has 2 rings (SSSR count). The summed E-state index contributed by atoms with van der Waals surface area (Å²) in [6.07, 6.45) is 1.97. The second-order valence-electron chi connectivity index (χ2n) is 2.53. The summed E-state index contributed by atoms with van der Waals surface area (Å²) >= 11 is 0. The Labute approximate surface area is 67.7 Å². The number of nitrogens with two attached hydrogens (primary N) is 1. The van der Waals surface area contributed by atoms with Gasteiger partial charge in [0.05, 0.1) is 0 Å². The molecule has 4 N–H and O–H groups in total. The number of carbonyl (C=O) groups excluding carboxylic acids is 1. The maximum atomic E-state index is 12.9. The van der Waals surface area contributed by atoms with E-state index in [2.05, 4.69) is 10.6 Å². The number of amides is 2. The zero-order valence-electron chi connectivity index (χ0n) is 6.04. The van der Waals surface area contributed by atoms with Crippen LogP contribution in [0.25, 0.3) is 0 Å². The van der Waals surface area contributed by atoms with E-state index in [1.54, 1.807) is 0 Å². The molecule has 2 amide bonds. The van der Waals surface area contributed by atoms with E-state index in [9.17, 15) is 9.18 Å². The Kier molecular flexibility index (Phi) is 1.31. The molecule has 2 aliphatic heterocycles. The van der Waals surface area contributed by atoms with Crippen molar-refractivity contribution < 1.29 is 9.18 Å². The van der Waals surface area contributed by atoms with Crippen LogP contribution in [0, 0.1) is 0 Å². The van der Waals surface area contributed by atoms with E-state index >= 15 is 0 Å². The first-order valence-corrected chi connectivity index (χ1v) is 3.37. The zero-order valence-corrected chi connectivity index (χ0v) is 6.04. The minimum Gasteiger partial charge on any atom is -0.365 e. The highest BCUT2D eigenvalue weighted by atomic mass is 19.1. The molecular weight excluding hydrogens is 163 g/mol. The van der Waals surface area contributed by atoms with E-state index < -0.39 is 18.0 Å². The summed E-state index contributed by atoms with van der Waals surface area (Å²) in [5.74, 6) is 4.81. The Morgan fingerprint density at radius 1 is 1.67 bits per heavy atom. The number of carbonyl (C=O) groups is 1. The Hall–Kier alpha value is -1.56. The third-order valence-electron chi connectivity index (χ3n) is 1.74. The standard InChI is InChI=1S/C6H7FN4O/c7-4-1-9-5-3(4)2-11(8)6(12)10-5/h1-2,5,9H,8H2,(H,10,12). The van der Waals surface area contributed by atoms with Gasteiger partial charge in [-0.2, -0.15) is 0 Å². The van der Waals surface area contributed by atoms with Gasteiger partial charge in [0.25, 0.3) is 0 Å². The summed E-state index contributed by atoms with van der Waals surface area (Å²) in [5.41, 5.74) is 0.345. The van der Waals surface area contributed by atoms with Gasteiger partial charge in [-0.15, -0.1) is 0 Å². The number of hydrogen-bond acceptors (Lipinski definition) is 3. The van der Waals surface area contributed by atoms with E-state index in [1.807, 2.05) is 0 Å². The summed E-state index contributed by atoms with van der Waals surface area (Å²) in [4.78, 5) is 10.9. The lowest BCUT2D eigenvalue weighted by atomic mass is 10.2. The van der Waals surface area contributed by atoms with E-state index in [0.29, 0.717) is 5.57 Å². The van der Waals surface area contributed by atoms with Gasteiger partial charge in [-0.3, -0.25) is 0 Å². The van der Waals surface area contributed by atoms with Crippen LogP contribution >= 0.6 is 0 Å². The molecule has 12 heavy (non-hydrogen) atoms. The van der Waals surface area contributed by atoms with Crippen LogP contribution in [-0.4, -0.2) is 17.2 Å². The predicted molar refractivity (Wildman–Crippen MR) is 38.8 cm³/mol. The molecule has 64 valence electrons. The second kappa shape index (κ2) is 2.21. The Morgan fingerprint density at radius 2 is 2.42 bits per heavy atom. The number of hydrogen-bond donors (Lipinski definition) is 3. The fourth-order valence-electron chi connectivity index (χ4n) is 1.13. The molecular formula is C6H7FN4O. The molecule has 6 heteroatoms. The van der Waals surface area contributed by atoms with Crippen molar-refractivity contribution in [1.82, 2.24) is 15.6 Å². The first-order chi connectivity index (χ1) is 5.68. The topological polar surface area (TPSA) is 70.4 Å². The average Bonchev–Trinajstić information content (AvgIpc) is 2.35. The monoisotopic (exact) mass is 170 g/mol. The van der Waals surface area contributed by atoms with Gasteiger partial charge in [0, 0.05) is 18.0 Å². The number of nitrogens with zero attached hydrogens (tertiary/aromatic N) is 1. The molecule has 0 bridgehead atoms. The largest absolute Gasteiger partial charge is 0.365 e. The van der Waals surface area contributed by atoms with Gasteiger partial charge in [0.15, 0.2) is 0 Å². The molecule has 0 aromatic carbocycles. The van der Waals surface area contributed by atoms with Crippen molar-refractivity contribution in [2.75, 3.05) is 0 Å². The Morgan fingerprint density at radius 3 is 3.17 bits per heavy atom. The number of fused-ring (bicyclic) bond motifs is 1. The smallest absolute Gasteiger partial charge is 0.337 e. The van der Waals surface area contributed by atoms with E-state index in [-0.39, 0.29) is 0 Å². The van der Waals surface area contributed by atoms with Crippen molar-refractivity contribution in [1.29, 1.82) is 0 Å². The van der Waals surface area contributed by atoms with Crippen LogP contribution in [0.15, 0.2) is 23.8 Å². The third kappa shape index (κ3) is 0.850. The molecule has 0 radical (unpaired) electrons. The van der Waals surface area contributed by atoms with Gasteiger partial charge in [-0.1, -0.05) is 0 Å². The fourth-order valence-corrected chi connectivity index (χ4v) is 1.13. The van der Waals surface area contributed by atoms with Crippen molar-refractivity contribution in [3.63, 3.8) is 0 Å². The van der Waals surface area contributed by atoms with Crippen LogP contribution in [0.1, 0.15) is 0 Å². The molecule has 0 saturated carbocycles. The lowest BCUT2D eigenvalue weighted by molar-refractivity contribution is 0.207. The molecule has 0 aromatic rings. The highest BCUT2D eigenvalue weighted by Gasteiger charge is 2.30. The molecule has 0 saturated heterocycles. The van der Waals surface area contributed by atoms with E-state index in [4.69, 9.17) is 5.84 Å². The van der Waals surface area contributed by atoms with E-state index in [0.717, 1.165) is 5.01 Å². The minimum absolute atomic E-state index is 0.345. The lowest BCUT2D eigenvalue weighted by Crippen LogP contribution is -2.53. The van der Waals surface area contributed by atoms with Gasteiger partial charge in [0.2, 0.25) is 0 Å². The maximum Gasteiger partial charge on any atom is 0.337 e. The zero-order chi connectivity index (χ0) is 8.72. The molecule has 0 spiro atoms. The first-order valence-electron chi connectivity index (χ1n) is 3.37. The van der Waals surface area contributed by atoms with Crippen molar-refractivity contribution in [2.24, 2.45) is 5.84 Å². The van der Waals surface area contributed by atoms with Gasteiger partial charge >= 0.3 is 6.03 Å². The maximum absolute atomic E-state index is 12.9. The van der Waals surface area contributed by atoms with Gasteiger partial charge in [-0.05, 0) is 0 Å². The molecule has 1 unspecified atom stereocenters. The van der Waals surface area contributed by atoms with Crippen LogP contribution in [0.4, 0.5) is 9.18 Å². The van der Waals surface area contributed by atoms with Crippen LogP contribution < -0.4 is 16.5 Å². The molecule has 2 aliphatic rings. The average molecular weight is 170 g/mol. The fraction of sp³-hybridized carbons (Fsp3) is 0.167. The predicted octanol–water partition coefficient (Wildman–Crippen LogP) is -0.491. The Balaban J connectivity index is 2.33. The van der Waals surface area contributed by atoms with Crippen molar-refractivity contribution in [3.8, 4) is 0 Å². The molecule has 0 aliphatic carbocycles. The van der Waals surface area contributed by atoms with E-state index in [1.165, 1.54) is 12.4 Å². The highest BCUT2D eigenvalue weighted by molar-refractivity contribution is 5.77. The van der Waals surface area contributed by atoms with Crippen LogP contribution in [-0.2, 0) is 0 Å². The van der Waals surface area contributed by atoms with Gasteiger partial charge in [-0.25, -0.2) is 20.0 Å². The molecule has 1 atom stereocenters. The molecule has 2 heterocycles. The number of rotatable bonds is 0. The summed E-state index contributed by atoms with van der Waals surface area (Å²) in [6, 6.07) is -0.459. The van der Waals surface area contributed by atoms with Crippen molar-refractivity contribution in [2.45, 2.75) is 6.17 Å². The van der Waals surface area contributed by atoms with Crippen LogP contribution in [0.5, 0.6) is 0 Å². The van der Waals surface area contributed by atoms with Crippen molar-refractivity contribution >= 4 is 6.03 Å². The van der Waals surface area contributed by atoms with Crippen LogP contribution in [0.2, 0.25) is 0 Å². The number of nitrogens with one attached hydrogen (secondary N) is 2. The quantitative estimate of drug-likeness (QED) is 0.339. The third-order valence-corrected chi connectivity index (χ3v) is 1.74. The normalized spacial score (nSPS) is 27.0. The number of hydrazine groups is 1. The van der Waals surface area contributed by atoms with Gasteiger partial charge < -0.3 is 10.6 Å². The number of halogens is 1.